The highest BCUT2D eigenvalue weighted by atomic mass is 16.5. The topological polar surface area (TPSA) is 102 Å². The first-order chi connectivity index (χ1) is 15.3. The minimum atomic E-state index is -1.04. The number of hydrogen-bond acceptors (Lipinski definition) is 7. The summed E-state index contributed by atoms with van der Waals surface area (Å²) in [5, 5.41) is 20.1. The average molecular weight is 440 g/mol. The van der Waals surface area contributed by atoms with Crippen LogP contribution in [0.5, 0.6) is 0 Å². The molecule has 2 aliphatic rings. The number of hydrogen-bond donors (Lipinski definition) is 2. The van der Waals surface area contributed by atoms with E-state index in [1.807, 2.05) is 42.5 Å². The van der Waals surface area contributed by atoms with Crippen molar-refractivity contribution < 1.29 is 34.0 Å². The molecule has 7 nitrogen and oxygen atoms in total. The van der Waals surface area contributed by atoms with E-state index in [0.29, 0.717) is 11.3 Å². The Morgan fingerprint density at radius 2 is 1.81 bits per heavy atom. The van der Waals surface area contributed by atoms with Crippen LogP contribution < -0.4 is 0 Å². The maximum atomic E-state index is 12.4. The van der Waals surface area contributed by atoms with Gasteiger partial charge in [-0.2, -0.15) is 0 Å². The van der Waals surface area contributed by atoms with Gasteiger partial charge in [0.25, 0.3) is 0 Å². The second-order valence-corrected chi connectivity index (χ2v) is 7.80. The van der Waals surface area contributed by atoms with Gasteiger partial charge in [0.2, 0.25) is 0 Å². The molecule has 1 aromatic carbocycles. The van der Waals surface area contributed by atoms with Gasteiger partial charge in [0.05, 0.1) is 31.0 Å². The van der Waals surface area contributed by atoms with E-state index >= 15 is 0 Å². The van der Waals surface area contributed by atoms with Crippen molar-refractivity contribution >= 4 is 17.5 Å². The smallest absolute Gasteiger partial charge is 0.339 e. The fourth-order valence-electron chi connectivity index (χ4n) is 3.36. The Morgan fingerprint density at radius 1 is 1.12 bits per heavy atom. The number of benzene rings is 1. The van der Waals surface area contributed by atoms with Gasteiger partial charge < -0.3 is 24.4 Å². The van der Waals surface area contributed by atoms with Gasteiger partial charge in [-0.15, -0.1) is 0 Å². The van der Waals surface area contributed by atoms with E-state index in [2.05, 4.69) is 6.58 Å². The highest BCUT2D eigenvalue weighted by molar-refractivity contribution is 6.17. The molecule has 0 saturated heterocycles. The number of aliphatic hydroxyl groups is 2. The minimum absolute atomic E-state index is 0.00834. The van der Waals surface area contributed by atoms with Gasteiger partial charge in [-0.1, -0.05) is 49.1 Å². The van der Waals surface area contributed by atoms with Crippen molar-refractivity contribution in [1.82, 2.24) is 0 Å². The van der Waals surface area contributed by atoms with Crippen molar-refractivity contribution in [3.8, 4) is 0 Å². The molecular formula is C25H28O7. The first-order valence-corrected chi connectivity index (χ1v) is 10.5. The second kappa shape index (κ2) is 10.9. The number of aliphatic hydroxyl groups excluding tert-OH is 2. The van der Waals surface area contributed by atoms with Crippen LogP contribution in [0.4, 0.5) is 0 Å². The highest BCUT2D eigenvalue weighted by Gasteiger charge is 2.31. The maximum absolute atomic E-state index is 12.4. The summed E-state index contributed by atoms with van der Waals surface area (Å²) in [4.78, 5) is 23.7. The summed E-state index contributed by atoms with van der Waals surface area (Å²) in [6, 6.07) is 9.38. The van der Waals surface area contributed by atoms with E-state index in [1.54, 1.807) is 12.2 Å². The summed E-state index contributed by atoms with van der Waals surface area (Å²) in [6.07, 6.45) is 5.13. The SMILES string of the molecule is C=C(C)C(=O)OCCC(O)C(O)CCOC1=CC2OC(=O)C(c3ccccc3)=CC2C=C1. The lowest BCUT2D eigenvalue weighted by Crippen LogP contribution is -2.31. The number of esters is 2. The second-order valence-electron chi connectivity index (χ2n) is 7.80. The molecule has 1 aromatic rings. The molecule has 1 aliphatic heterocycles. The summed E-state index contributed by atoms with van der Waals surface area (Å²) < 4.78 is 16.2. The molecule has 0 radical (unpaired) electrons. The molecule has 0 bridgehead atoms. The quantitative estimate of drug-likeness (QED) is 0.426. The molecular weight excluding hydrogens is 412 g/mol. The molecule has 7 heteroatoms. The van der Waals surface area contributed by atoms with Gasteiger partial charge in [0.1, 0.15) is 11.9 Å². The first kappa shape index (κ1) is 23.5. The van der Waals surface area contributed by atoms with Gasteiger partial charge in [-0.3, -0.25) is 0 Å². The van der Waals surface area contributed by atoms with Crippen molar-refractivity contribution in [2.75, 3.05) is 13.2 Å². The van der Waals surface area contributed by atoms with E-state index in [1.165, 1.54) is 6.92 Å². The van der Waals surface area contributed by atoms with Gasteiger partial charge in [-0.05, 0) is 24.6 Å². The van der Waals surface area contributed by atoms with Gasteiger partial charge in [0, 0.05) is 24.3 Å². The fourth-order valence-corrected chi connectivity index (χ4v) is 3.36. The fraction of sp³-hybridized carbons (Fsp3) is 0.360. The molecule has 0 spiro atoms. The number of ether oxygens (including phenoxy) is 3. The lowest BCUT2D eigenvalue weighted by atomic mass is 9.90. The molecule has 4 unspecified atom stereocenters. The lowest BCUT2D eigenvalue weighted by Gasteiger charge is -2.29. The first-order valence-electron chi connectivity index (χ1n) is 10.5. The summed E-state index contributed by atoms with van der Waals surface area (Å²) in [5.74, 6) is -0.454. The van der Waals surface area contributed by atoms with Crippen LogP contribution in [0, 0.1) is 5.92 Å². The normalized spacial score (nSPS) is 21.4. The van der Waals surface area contributed by atoms with Crippen LogP contribution in [-0.2, 0) is 23.8 Å². The largest absolute Gasteiger partial charge is 0.494 e. The Kier molecular flexibility index (Phi) is 8.03. The number of allylic oxidation sites excluding steroid dienone is 1. The van der Waals surface area contributed by atoms with Crippen molar-refractivity contribution in [3.05, 3.63) is 78.1 Å². The maximum Gasteiger partial charge on any atom is 0.339 e. The highest BCUT2D eigenvalue weighted by Crippen LogP contribution is 2.31. The van der Waals surface area contributed by atoms with E-state index in [4.69, 9.17) is 14.2 Å². The zero-order valence-electron chi connectivity index (χ0n) is 18.0. The summed E-state index contributed by atoms with van der Waals surface area (Å²) in [5.41, 5.74) is 1.64. The molecule has 3 rings (SSSR count). The van der Waals surface area contributed by atoms with Crippen molar-refractivity contribution in [2.45, 2.75) is 38.1 Å². The monoisotopic (exact) mass is 440 g/mol. The molecule has 4 atom stereocenters. The summed E-state index contributed by atoms with van der Waals surface area (Å²) in [6.45, 7) is 5.17. The zero-order chi connectivity index (χ0) is 23.1. The van der Waals surface area contributed by atoms with Crippen LogP contribution in [0.25, 0.3) is 5.57 Å². The van der Waals surface area contributed by atoms with Crippen molar-refractivity contribution in [2.24, 2.45) is 5.92 Å². The number of rotatable bonds is 10. The predicted octanol–water partition coefficient (Wildman–Crippen LogP) is 2.70. The number of carbonyl (C=O) groups is 2. The molecule has 0 saturated carbocycles. The summed E-state index contributed by atoms with van der Waals surface area (Å²) in [7, 11) is 0. The third-order valence-electron chi connectivity index (χ3n) is 5.22. The number of carbonyl (C=O) groups excluding carboxylic acids is 2. The van der Waals surface area contributed by atoms with E-state index < -0.39 is 24.3 Å². The van der Waals surface area contributed by atoms with E-state index in [0.717, 1.165) is 5.56 Å². The van der Waals surface area contributed by atoms with Gasteiger partial charge in [0.15, 0.2) is 0 Å². The molecule has 1 heterocycles. The molecule has 1 aliphatic carbocycles. The van der Waals surface area contributed by atoms with Crippen LogP contribution in [0.2, 0.25) is 0 Å². The summed E-state index contributed by atoms with van der Waals surface area (Å²) >= 11 is 0. The Morgan fingerprint density at radius 3 is 2.50 bits per heavy atom. The Labute approximate surface area is 187 Å². The molecule has 32 heavy (non-hydrogen) atoms. The van der Waals surface area contributed by atoms with Crippen molar-refractivity contribution in [1.29, 1.82) is 0 Å². The zero-order valence-corrected chi connectivity index (χ0v) is 18.0. The number of fused-ring (bicyclic) bond motifs is 1. The molecule has 0 amide bonds. The molecule has 2 N–H and O–H groups in total. The standard InChI is InChI=1S/C25H28O7/c1-16(2)24(28)31-13-11-22(27)21(26)10-12-30-19-9-8-18-14-20(17-6-4-3-5-7-17)25(29)32-23(18)15-19/h3-9,14-15,18,21-23,26-27H,1,10-13H2,2H3. The van der Waals surface area contributed by atoms with Crippen LogP contribution in [0.1, 0.15) is 25.3 Å². The van der Waals surface area contributed by atoms with Crippen LogP contribution >= 0.6 is 0 Å². The lowest BCUT2D eigenvalue weighted by molar-refractivity contribution is -0.142. The van der Waals surface area contributed by atoms with Crippen molar-refractivity contribution in [3.63, 3.8) is 0 Å². The van der Waals surface area contributed by atoms with Crippen LogP contribution in [0.15, 0.2) is 72.5 Å². The van der Waals surface area contributed by atoms with E-state index in [-0.39, 0.29) is 43.5 Å². The van der Waals surface area contributed by atoms with Crippen LogP contribution in [-0.4, -0.2) is 53.7 Å². The van der Waals surface area contributed by atoms with Crippen LogP contribution in [0.3, 0.4) is 0 Å². The predicted molar refractivity (Wildman–Crippen MR) is 118 cm³/mol. The third-order valence-corrected chi connectivity index (χ3v) is 5.22. The average Bonchev–Trinajstić information content (AvgIpc) is 2.78. The van der Waals surface area contributed by atoms with Gasteiger partial charge >= 0.3 is 11.9 Å². The van der Waals surface area contributed by atoms with Gasteiger partial charge in [-0.25, -0.2) is 9.59 Å². The third kappa shape index (κ3) is 6.18. The van der Waals surface area contributed by atoms with E-state index in [9.17, 15) is 19.8 Å². The molecule has 170 valence electrons. The Bertz CT molecular complexity index is 929. The molecule has 0 fully saturated rings. The Balaban J connectivity index is 1.45. The molecule has 0 aromatic heterocycles. The minimum Gasteiger partial charge on any atom is -0.494 e. The Hall–Kier alpha value is -3.16.